The van der Waals surface area contributed by atoms with E-state index < -0.39 is 13.2 Å². The molecule has 2 rings (SSSR count). The Morgan fingerprint density at radius 2 is 2.19 bits per heavy atom. The zero-order valence-electron chi connectivity index (χ0n) is 11.2. The quantitative estimate of drug-likeness (QED) is 0.813. The van der Waals surface area contributed by atoms with Gasteiger partial charge in [0.1, 0.15) is 5.15 Å². The van der Waals surface area contributed by atoms with Crippen LogP contribution in [0.3, 0.4) is 0 Å². The first-order valence-corrected chi connectivity index (χ1v) is 6.70. The lowest BCUT2D eigenvalue weighted by atomic mass is 10.1. The highest BCUT2D eigenvalue weighted by atomic mass is 35.5. The molecule has 21 heavy (non-hydrogen) atoms. The standard InChI is InChI=1S/C13H14ClF3N4/c1-8(2-4-15)19-11-6-12(14)18-7-9(11)10-3-5-21(20-10)13(16)17/h3,5-8,13H,2,4H2,1H3,(H,18,19)/t8-/m1/s1. The third kappa shape index (κ3) is 3.87. The van der Waals surface area contributed by atoms with E-state index >= 15 is 0 Å². The van der Waals surface area contributed by atoms with Gasteiger partial charge in [-0.15, -0.1) is 0 Å². The average molecular weight is 319 g/mol. The van der Waals surface area contributed by atoms with E-state index in [2.05, 4.69) is 15.4 Å². The second kappa shape index (κ2) is 6.80. The molecule has 0 aliphatic heterocycles. The molecule has 0 fully saturated rings. The van der Waals surface area contributed by atoms with Crippen molar-refractivity contribution in [3.05, 3.63) is 29.7 Å². The second-order valence-corrected chi connectivity index (χ2v) is 4.92. The Kier molecular flexibility index (Phi) is 5.06. The summed E-state index contributed by atoms with van der Waals surface area (Å²) in [7, 11) is 0. The van der Waals surface area contributed by atoms with Crippen molar-refractivity contribution < 1.29 is 13.2 Å². The van der Waals surface area contributed by atoms with Gasteiger partial charge < -0.3 is 5.32 Å². The van der Waals surface area contributed by atoms with Gasteiger partial charge in [-0.25, -0.2) is 9.67 Å². The third-order valence-electron chi connectivity index (χ3n) is 2.90. The van der Waals surface area contributed by atoms with Gasteiger partial charge in [-0.3, -0.25) is 4.39 Å². The minimum atomic E-state index is -2.71. The van der Waals surface area contributed by atoms with Crippen LogP contribution in [0.25, 0.3) is 11.3 Å². The van der Waals surface area contributed by atoms with Gasteiger partial charge >= 0.3 is 6.55 Å². The number of halogens is 4. The lowest BCUT2D eigenvalue weighted by molar-refractivity contribution is 0.0568. The van der Waals surface area contributed by atoms with Crippen LogP contribution in [-0.4, -0.2) is 27.5 Å². The first-order valence-electron chi connectivity index (χ1n) is 6.33. The van der Waals surface area contributed by atoms with E-state index in [9.17, 15) is 13.2 Å². The Hall–Kier alpha value is -1.76. The molecule has 2 aromatic heterocycles. The number of nitrogens with zero attached hydrogens (tertiary/aromatic N) is 3. The van der Waals surface area contributed by atoms with Crippen molar-refractivity contribution >= 4 is 17.3 Å². The molecule has 0 spiro atoms. The van der Waals surface area contributed by atoms with Gasteiger partial charge in [0.15, 0.2) is 0 Å². The molecule has 2 aromatic rings. The molecule has 0 bridgehead atoms. The molecule has 0 radical (unpaired) electrons. The average Bonchev–Trinajstić information content (AvgIpc) is 2.88. The Morgan fingerprint density at radius 3 is 2.81 bits per heavy atom. The smallest absolute Gasteiger partial charge is 0.333 e. The molecule has 114 valence electrons. The minimum absolute atomic E-state index is 0.135. The molecule has 0 saturated carbocycles. The normalized spacial score (nSPS) is 12.7. The van der Waals surface area contributed by atoms with Crippen LogP contribution in [-0.2, 0) is 0 Å². The number of pyridine rings is 1. The van der Waals surface area contributed by atoms with Gasteiger partial charge in [0.05, 0.1) is 12.4 Å². The highest BCUT2D eigenvalue weighted by Gasteiger charge is 2.14. The number of nitrogens with one attached hydrogen (secondary N) is 1. The van der Waals surface area contributed by atoms with E-state index in [-0.39, 0.29) is 11.2 Å². The molecule has 0 aliphatic rings. The largest absolute Gasteiger partial charge is 0.382 e. The Morgan fingerprint density at radius 1 is 1.43 bits per heavy atom. The highest BCUT2D eigenvalue weighted by Crippen LogP contribution is 2.29. The van der Waals surface area contributed by atoms with Crippen LogP contribution in [0, 0.1) is 0 Å². The topological polar surface area (TPSA) is 42.7 Å². The predicted octanol–water partition coefficient (Wildman–Crippen LogP) is 4.15. The summed E-state index contributed by atoms with van der Waals surface area (Å²) in [6, 6.07) is 2.89. The van der Waals surface area contributed by atoms with Crippen LogP contribution in [0.2, 0.25) is 5.15 Å². The fourth-order valence-electron chi connectivity index (χ4n) is 1.85. The second-order valence-electron chi connectivity index (χ2n) is 4.53. The van der Waals surface area contributed by atoms with Crippen LogP contribution >= 0.6 is 11.6 Å². The van der Waals surface area contributed by atoms with Crippen molar-refractivity contribution in [3.63, 3.8) is 0 Å². The monoisotopic (exact) mass is 318 g/mol. The first-order chi connectivity index (χ1) is 10.0. The van der Waals surface area contributed by atoms with Gasteiger partial charge in [0, 0.05) is 29.7 Å². The van der Waals surface area contributed by atoms with Crippen molar-refractivity contribution in [1.29, 1.82) is 0 Å². The summed E-state index contributed by atoms with van der Waals surface area (Å²) in [6.07, 6.45) is 2.96. The molecular weight excluding hydrogens is 305 g/mol. The van der Waals surface area contributed by atoms with Crippen LogP contribution in [0.15, 0.2) is 24.5 Å². The maximum Gasteiger partial charge on any atom is 0.333 e. The summed E-state index contributed by atoms with van der Waals surface area (Å²) in [4.78, 5) is 3.94. The molecule has 0 unspecified atom stereocenters. The summed E-state index contributed by atoms with van der Waals surface area (Å²) in [5.74, 6) is 0. The number of alkyl halides is 3. The van der Waals surface area contributed by atoms with Crippen LogP contribution < -0.4 is 5.32 Å². The van der Waals surface area contributed by atoms with Gasteiger partial charge in [0.25, 0.3) is 0 Å². The summed E-state index contributed by atoms with van der Waals surface area (Å²) >= 11 is 5.85. The van der Waals surface area contributed by atoms with Crippen molar-refractivity contribution in [2.75, 3.05) is 12.0 Å². The third-order valence-corrected chi connectivity index (χ3v) is 3.11. The number of hydrogen-bond donors (Lipinski definition) is 1. The molecule has 2 heterocycles. The number of hydrogen-bond acceptors (Lipinski definition) is 3. The summed E-state index contributed by atoms with van der Waals surface area (Å²) in [6.45, 7) is -1.35. The zero-order valence-corrected chi connectivity index (χ0v) is 12.0. The number of anilines is 1. The minimum Gasteiger partial charge on any atom is -0.382 e. The Labute approximate surface area is 124 Å². The summed E-state index contributed by atoms with van der Waals surface area (Å²) in [5.41, 5.74) is 1.45. The maximum atomic E-state index is 12.6. The van der Waals surface area contributed by atoms with E-state index in [1.54, 1.807) is 6.07 Å². The number of rotatable bonds is 6. The summed E-state index contributed by atoms with van der Waals surface area (Å²) in [5, 5.41) is 7.13. The van der Waals surface area contributed by atoms with Crippen LogP contribution in [0.1, 0.15) is 19.9 Å². The molecule has 0 aliphatic carbocycles. The Bertz CT molecular complexity index is 603. The van der Waals surface area contributed by atoms with Crippen molar-refractivity contribution in [3.8, 4) is 11.3 Å². The van der Waals surface area contributed by atoms with E-state index in [4.69, 9.17) is 11.6 Å². The first kappa shape index (κ1) is 15.6. The summed E-state index contributed by atoms with van der Waals surface area (Å²) < 4.78 is 38.1. The lowest BCUT2D eigenvalue weighted by Crippen LogP contribution is -2.16. The molecule has 1 N–H and O–H groups in total. The molecule has 1 atom stereocenters. The molecule has 8 heteroatoms. The van der Waals surface area contributed by atoms with Crippen molar-refractivity contribution in [1.82, 2.24) is 14.8 Å². The molecule has 0 aromatic carbocycles. The number of aromatic nitrogens is 3. The molecule has 0 saturated heterocycles. The lowest BCUT2D eigenvalue weighted by Gasteiger charge is -2.16. The van der Waals surface area contributed by atoms with Crippen molar-refractivity contribution in [2.24, 2.45) is 0 Å². The van der Waals surface area contributed by atoms with Crippen LogP contribution in [0.5, 0.6) is 0 Å². The fourth-order valence-corrected chi connectivity index (χ4v) is 2.00. The molecular formula is C13H14ClF3N4. The fraction of sp³-hybridized carbons (Fsp3) is 0.385. The predicted molar refractivity (Wildman–Crippen MR) is 75.4 cm³/mol. The van der Waals surface area contributed by atoms with E-state index in [1.165, 1.54) is 18.5 Å². The van der Waals surface area contributed by atoms with Gasteiger partial charge in [-0.2, -0.15) is 13.9 Å². The molecule has 0 amide bonds. The van der Waals surface area contributed by atoms with E-state index in [0.717, 1.165) is 0 Å². The SMILES string of the molecule is C[C@H](CCF)Nc1cc(Cl)ncc1-c1ccn(C(F)F)n1. The highest BCUT2D eigenvalue weighted by molar-refractivity contribution is 6.29. The van der Waals surface area contributed by atoms with Gasteiger partial charge in [-0.1, -0.05) is 11.6 Å². The van der Waals surface area contributed by atoms with Crippen LogP contribution in [0.4, 0.5) is 18.9 Å². The Balaban J connectivity index is 2.33. The molecule has 4 nitrogen and oxygen atoms in total. The van der Waals surface area contributed by atoms with E-state index in [1.807, 2.05) is 6.92 Å². The van der Waals surface area contributed by atoms with Gasteiger partial charge in [0.2, 0.25) is 0 Å². The maximum absolute atomic E-state index is 12.6. The van der Waals surface area contributed by atoms with Gasteiger partial charge in [-0.05, 0) is 25.5 Å². The van der Waals surface area contributed by atoms with E-state index in [0.29, 0.717) is 28.0 Å². The zero-order chi connectivity index (χ0) is 15.4. The van der Waals surface area contributed by atoms with Crippen molar-refractivity contribution in [2.45, 2.75) is 25.9 Å².